The van der Waals surface area contributed by atoms with Crippen molar-refractivity contribution in [3.63, 3.8) is 0 Å². The van der Waals surface area contributed by atoms with Gasteiger partial charge in [-0.3, -0.25) is 10.1 Å². The third-order valence-corrected chi connectivity index (χ3v) is 7.91. The molecule has 41 heavy (non-hydrogen) atoms. The van der Waals surface area contributed by atoms with Gasteiger partial charge < -0.3 is 25.8 Å². The first-order chi connectivity index (χ1) is 19.7. The number of aromatic nitrogens is 3. The normalized spacial score (nSPS) is 15.4. The van der Waals surface area contributed by atoms with Gasteiger partial charge in [0.2, 0.25) is 5.95 Å². The van der Waals surface area contributed by atoms with E-state index in [1.807, 2.05) is 30.9 Å². The number of nitrogens with zero attached hydrogens (tertiary/aromatic N) is 4. The topological polar surface area (TPSA) is 156 Å². The Labute approximate surface area is 242 Å². The smallest absolute Gasteiger partial charge is 0.321 e. The summed E-state index contributed by atoms with van der Waals surface area (Å²) in [4.78, 5) is 39.6. The summed E-state index contributed by atoms with van der Waals surface area (Å²) < 4.78 is 6.48. The molecule has 1 saturated heterocycles. The molecule has 1 fully saturated rings. The van der Waals surface area contributed by atoms with Crippen LogP contribution in [0.25, 0.3) is 27.0 Å². The van der Waals surface area contributed by atoms with Crippen LogP contribution in [0.5, 0.6) is 0 Å². The molecule has 3 heterocycles. The number of anilines is 2. The molecule has 4 rings (SSSR count). The summed E-state index contributed by atoms with van der Waals surface area (Å²) in [6, 6.07) is 3.51. The van der Waals surface area contributed by atoms with Crippen molar-refractivity contribution in [2.45, 2.75) is 33.6 Å². The second kappa shape index (κ2) is 12.8. The molecule has 2 aromatic heterocycles. The summed E-state index contributed by atoms with van der Waals surface area (Å²) in [6.45, 7) is 11.4. The Kier molecular flexibility index (Phi) is 9.23. The van der Waals surface area contributed by atoms with Crippen molar-refractivity contribution in [3.05, 3.63) is 60.7 Å². The Morgan fingerprint density at radius 2 is 1.93 bits per heavy atom. The van der Waals surface area contributed by atoms with Crippen molar-refractivity contribution >= 4 is 50.3 Å². The van der Waals surface area contributed by atoms with E-state index in [1.54, 1.807) is 37.5 Å². The van der Waals surface area contributed by atoms with E-state index in [9.17, 15) is 14.7 Å². The number of piperidine rings is 1. The molecule has 1 aliphatic heterocycles. The lowest BCUT2D eigenvalue weighted by Crippen LogP contribution is -2.43. The first-order valence-electron chi connectivity index (χ1n) is 13.4. The van der Waals surface area contributed by atoms with Gasteiger partial charge in [0.25, 0.3) is 0 Å². The number of carboxylic acid groups (broad SMARTS) is 1. The maximum atomic E-state index is 12.1. The van der Waals surface area contributed by atoms with E-state index in [0.29, 0.717) is 67.1 Å². The predicted octanol–water partition coefficient (Wildman–Crippen LogP) is 4.99. The number of carbonyl (C=O) groups excluding carboxylic acids is 1. The summed E-state index contributed by atoms with van der Waals surface area (Å²) in [5.74, 6) is 0.351. The number of hydrogen-bond donors (Lipinski definition) is 4. The van der Waals surface area contributed by atoms with Crippen LogP contribution in [0, 0.1) is 5.41 Å². The Morgan fingerprint density at radius 3 is 2.54 bits per heavy atom. The first kappa shape index (κ1) is 29.5. The van der Waals surface area contributed by atoms with Gasteiger partial charge in [0.15, 0.2) is 5.13 Å². The molecule has 12 heteroatoms. The largest absolute Gasteiger partial charge is 0.494 e. The molecule has 1 aromatic carbocycles. The number of urea groups is 1. The van der Waals surface area contributed by atoms with Gasteiger partial charge >= 0.3 is 12.0 Å². The van der Waals surface area contributed by atoms with E-state index in [-0.39, 0.29) is 6.03 Å². The number of thiazole rings is 1. The van der Waals surface area contributed by atoms with Crippen molar-refractivity contribution in [2.75, 3.05) is 36.5 Å². The highest BCUT2D eigenvalue weighted by molar-refractivity contribution is 7.22. The Balaban J connectivity index is 1.70. The van der Waals surface area contributed by atoms with Gasteiger partial charge in [-0.1, -0.05) is 24.0 Å². The van der Waals surface area contributed by atoms with Gasteiger partial charge in [-0.05, 0) is 57.4 Å². The van der Waals surface area contributed by atoms with Crippen LogP contribution in [0.1, 0.15) is 39.2 Å². The van der Waals surface area contributed by atoms with Crippen LogP contribution in [-0.4, -0.2) is 58.3 Å². The molecule has 0 atom stereocenters. The number of carbonyl (C=O) groups is 2. The van der Waals surface area contributed by atoms with E-state index in [0.717, 1.165) is 21.4 Å². The molecule has 0 aliphatic carbocycles. The molecule has 0 bridgehead atoms. The number of fused-ring (bicyclic) bond motifs is 1. The third-order valence-electron chi connectivity index (χ3n) is 6.89. The molecule has 0 spiro atoms. The second-order valence-corrected chi connectivity index (χ2v) is 10.8. The lowest BCUT2D eigenvalue weighted by Gasteiger charge is -2.36. The molecule has 5 N–H and O–H groups in total. The number of amides is 2. The van der Waals surface area contributed by atoms with E-state index in [4.69, 9.17) is 10.5 Å². The fourth-order valence-electron chi connectivity index (χ4n) is 4.47. The average Bonchev–Trinajstić information content (AvgIpc) is 3.35. The molecule has 216 valence electrons. The van der Waals surface area contributed by atoms with Crippen molar-refractivity contribution in [1.29, 1.82) is 0 Å². The number of aliphatic carboxylic acids is 1. The quantitative estimate of drug-likeness (QED) is 0.193. The van der Waals surface area contributed by atoms with Crippen LogP contribution in [0.3, 0.4) is 0 Å². The van der Waals surface area contributed by atoms with E-state index < -0.39 is 11.4 Å². The van der Waals surface area contributed by atoms with Crippen LogP contribution in [0.15, 0.2) is 55.1 Å². The highest BCUT2D eigenvalue weighted by Crippen LogP contribution is 2.36. The number of benzene rings is 1. The van der Waals surface area contributed by atoms with E-state index >= 15 is 0 Å². The lowest BCUT2D eigenvalue weighted by atomic mass is 9.80. The number of ether oxygens (including phenoxy) is 1. The van der Waals surface area contributed by atoms with Crippen molar-refractivity contribution in [3.8, 4) is 11.1 Å². The van der Waals surface area contributed by atoms with Crippen molar-refractivity contribution in [1.82, 2.24) is 20.3 Å². The molecule has 2 amide bonds. The Hall–Kier alpha value is -4.45. The third kappa shape index (κ3) is 6.83. The number of nitrogens with one attached hydrogen (secondary N) is 2. The molecule has 1 aliphatic rings. The van der Waals surface area contributed by atoms with Crippen LogP contribution in [0.2, 0.25) is 0 Å². The molecule has 0 saturated carbocycles. The zero-order chi connectivity index (χ0) is 29.6. The number of carboxylic acids is 1. The van der Waals surface area contributed by atoms with Crippen LogP contribution < -0.4 is 21.3 Å². The minimum absolute atomic E-state index is 0.338. The number of allylic oxidation sites excluding steroid dienone is 3. The fourth-order valence-corrected chi connectivity index (χ4v) is 5.45. The minimum atomic E-state index is -0.771. The number of nitrogens with two attached hydrogens (primary N) is 1. The lowest BCUT2D eigenvalue weighted by molar-refractivity contribution is -0.149. The predicted molar refractivity (Wildman–Crippen MR) is 163 cm³/mol. The molecule has 11 nitrogen and oxygen atoms in total. The fraction of sp³-hybridized carbons (Fsp3) is 0.345. The van der Waals surface area contributed by atoms with Crippen LogP contribution in [0.4, 0.5) is 15.9 Å². The monoisotopic (exact) mass is 577 g/mol. The standard InChI is InChI=1S/C29H35N7O4S/c1-5-8-20(40-7-3)15-22(30)21-13-18(14-23-24(21)41-28(34-23)35-27(39)31-6-2)19-16-32-26(33-17-19)36-11-9-29(4,10-12-36)25(37)38/h5,8,13-17H,1,6-7,9-12,30H2,2-4H3,(H,37,38)(H2,31,34,35,39)/b20-8+,22-15-. The Bertz CT molecular complexity index is 1490. The van der Waals surface area contributed by atoms with E-state index in [2.05, 4.69) is 32.2 Å². The van der Waals surface area contributed by atoms with Crippen molar-refractivity contribution in [2.24, 2.45) is 11.1 Å². The van der Waals surface area contributed by atoms with E-state index in [1.165, 1.54) is 11.3 Å². The summed E-state index contributed by atoms with van der Waals surface area (Å²) in [5, 5.41) is 15.4. The maximum absolute atomic E-state index is 12.1. The van der Waals surface area contributed by atoms with Gasteiger partial charge in [-0.2, -0.15) is 0 Å². The average molecular weight is 578 g/mol. The summed E-state index contributed by atoms with van der Waals surface area (Å²) in [7, 11) is 0. The molecular weight excluding hydrogens is 542 g/mol. The number of rotatable bonds is 10. The van der Waals surface area contributed by atoms with Gasteiger partial charge in [-0.25, -0.2) is 19.7 Å². The minimum Gasteiger partial charge on any atom is -0.494 e. The molecule has 0 radical (unpaired) electrons. The zero-order valence-electron chi connectivity index (χ0n) is 23.4. The van der Waals surface area contributed by atoms with Gasteiger partial charge in [0.05, 0.1) is 22.2 Å². The van der Waals surface area contributed by atoms with Gasteiger partial charge in [0.1, 0.15) is 5.76 Å². The highest BCUT2D eigenvalue weighted by Gasteiger charge is 2.37. The highest BCUT2D eigenvalue weighted by atomic mass is 32.1. The first-order valence-corrected chi connectivity index (χ1v) is 14.2. The molecule has 0 unspecified atom stereocenters. The van der Waals surface area contributed by atoms with Gasteiger partial charge in [-0.15, -0.1) is 0 Å². The molecular formula is C29H35N7O4S. The molecule has 3 aromatic rings. The summed E-state index contributed by atoms with van der Waals surface area (Å²) in [5.41, 5.74) is 9.27. The number of hydrogen-bond acceptors (Lipinski definition) is 9. The van der Waals surface area contributed by atoms with Crippen molar-refractivity contribution < 1.29 is 19.4 Å². The summed E-state index contributed by atoms with van der Waals surface area (Å²) >= 11 is 1.32. The van der Waals surface area contributed by atoms with Crippen LogP contribution in [-0.2, 0) is 9.53 Å². The van der Waals surface area contributed by atoms with Gasteiger partial charge in [0, 0.05) is 54.9 Å². The Morgan fingerprint density at radius 1 is 1.22 bits per heavy atom. The maximum Gasteiger partial charge on any atom is 0.321 e. The van der Waals surface area contributed by atoms with Crippen LogP contribution >= 0.6 is 11.3 Å². The SMILES string of the molecule is C=C/C=C(\C=C(/N)c1cc(-c2cnc(N3CCC(C)(C(=O)O)CC3)nc2)cc2nc(NC(=O)NCC)sc12)OCC. The summed E-state index contributed by atoms with van der Waals surface area (Å²) in [6.07, 6.45) is 9.63. The zero-order valence-corrected chi connectivity index (χ0v) is 24.3. The second-order valence-electron chi connectivity index (χ2n) is 9.84.